The summed E-state index contributed by atoms with van der Waals surface area (Å²) in [6, 6.07) is 0. The summed E-state index contributed by atoms with van der Waals surface area (Å²) < 4.78 is 9.75. The minimum absolute atomic E-state index is 0.0725. The number of carbonyl (C=O) groups is 1. The summed E-state index contributed by atoms with van der Waals surface area (Å²) in [5, 5.41) is 0. The molecule has 3 nitrogen and oxygen atoms in total. The number of unbranched alkanes of at least 4 members (excludes halogenated alkanes) is 14. The highest BCUT2D eigenvalue weighted by atomic mass is 16.5. The van der Waals surface area contributed by atoms with Gasteiger partial charge in [0.15, 0.2) is 0 Å². The Morgan fingerprint density at radius 3 is 1.46 bits per heavy atom. The lowest BCUT2D eigenvalue weighted by atomic mass is 10.0. The van der Waals surface area contributed by atoms with Crippen molar-refractivity contribution in [2.45, 2.75) is 103 Å². The lowest BCUT2D eigenvalue weighted by Crippen LogP contribution is -1.99. The van der Waals surface area contributed by atoms with Crippen LogP contribution in [0, 0.1) is 0 Å². The summed E-state index contributed by atoms with van der Waals surface area (Å²) >= 11 is 0. The molecule has 0 aliphatic rings. The first-order valence-electron chi connectivity index (χ1n) is 10.1. The van der Waals surface area contributed by atoms with E-state index >= 15 is 0 Å². The lowest BCUT2D eigenvalue weighted by Gasteiger charge is -2.04. The predicted molar refractivity (Wildman–Crippen MR) is 102 cm³/mol. The van der Waals surface area contributed by atoms with Crippen molar-refractivity contribution >= 4 is 5.97 Å². The largest absolute Gasteiger partial charge is 0.502 e. The van der Waals surface area contributed by atoms with Crippen LogP contribution in [0.25, 0.3) is 0 Å². The molecule has 0 spiro atoms. The van der Waals surface area contributed by atoms with Gasteiger partial charge in [0, 0.05) is 6.42 Å². The fourth-order valence-corrected chi connectivity index (χ4v) is 2.94. The van der Waals surface area contributed by atoms with Crippen molar-refractivity contribution in [1.29, 1.82) is 0 Å². The molecule has 0 aromatic heterocycles. The molecule has 0 rings (SSSR count). The van der Waals surface area contributed by atoms with Crippen LogP contribution >= 0.6 is 0 Å². The first-order valence-corrected chi connectivity index (χ1v) is 10.1. The second-order valence-electron chi connectivity index (χ2n) is 6.67. The van der Waals surface area contributed by atoms with Gasteiger partial charge in [-0.25, -0.2) is 0 Å². The van der Waals surface area contributed by atoms with Crippen LogP contribution in [0.5, 0.6) is 0 Å². The quantitative estimate of drug-likeness (QED) is 0.152. The van der Waals surface area contributed by atoms with Crippen molar-refractivity contribution in [2.24, 2.45) is 0 Å². The standard InChI is InChI=1S/C21H40O3/c1-3-24-20-18-16-14-12-10-8-6-4-5-7-9-11-13-15-17-19-21(22)23-2/h3H,1,4-20H2,2H3. The number of carbonyl (C=O) groups excluding carboxylic acids is 1. The highest BCUT2D eigenvalue weighted by Crippen LogP contribution is 2.13. The summed E-state index contributed by atoms with van der Waals surface area (Å²) in [5.41, 5.74) is 0. The molecule has 0 aromatic carbocycles. The first kappa shape index (κ1) is 23.0. The molecule has 0 bridgehead atoms. The molecule has 0 heterocycles. The van der Waals surface area contributed by atoms with Crippen LogP contribution in [0.1, 0.15) is 103 Å². The van der Waals surface area contributed by atoms with E-state index in [1.165, 1.54) is 90.4 Å². The third kappa shape index (κ3) is 19.1. The van der Waals surface area contributed by atoms with Crippen LogP contribution in [-0.4, -0.2) is 19.7 Å². The Labute approximate surface area is 150 Å². The zero-order chi connectivity index (χ0) is 17.7. The molecule has 0 aliphatic heterocycles. The molecule has 0 aliphatic carbocycles. The highest BCUT2D eigenvalue weighted by Gasteiger charge is 1.99. The Kier molecular flexibility index (Phi) is 19.2. The van der Waals surface area contributed by atoms with Crippen LogP contribution in [0.2, 0.25) is 0 Å². The van der Waals surface area contributed by atoms with E-state index < -0.39 is 0 Å². The molecule has 24 heavy (non-hydrogen) atoms. The SMILES string of the molecule is C=COCCCCCCCCCCCCCCCCCC(=O)OC. The maximum absolute atomic E-state index is 11.0. The summed E-state index contributed by atoms with van der Waals surface area (Å²) in [6.07, 6.45) is 21.7. The molecule has 0 N–H and O–H groups in total. The van der Waals surface area contributed by atoms with Gasteiger partial charge in [-0.05, 0) is 12.8 Å². The fourth-order valence-electron chi connectivity index (χ4n) is 2.94. The molecule has 0 fully saturated rings. The van der Waals surface area contributed by atoms with Gasteiger partial charge in [-0.1, -0.05) is 90.0 Å². The second-order valence-corrected chi connectivity index (χ2v) is 6.67. The topological polar surface area (TPSA) is 35.5 Å². The molecular formula is C21H40O3. The van der Waals surface area contributed by atoms with Gasteiger partial charge in [-0.3, -0.25) is 4.79 Å². The number of hydrogen-bond acceptors (Lipinski definition) is 3. The summed E-state index contributed by atoms with van der Waals surface area (Å²) in [6.45, 7) is 4.37. The zero-order valence-electron chi connectivity index (χ0n) is 16.0. The average Bonchev–Trinajstić information content (AvgIpc) is 2.60. The maximum Gasteiger partial charge on any atom is 0.305 e. The van der Waals surface area contributed by atoms with E-state index in [1.807, 2.05) is 0 Å². The summed E-state index contributed by atoms with van der Waals surface area (Å²) in [7, 11) is 1.46. The molecule has 0 saturated heterocycles. The van der Waals surface area contributed by atoms with E-state index in [0.29, 0.717) is 6.42 Å². The van der Waals surface area contributed by atoms with Gasteiger partial charge in [0.05, 0.1) is 20.0 Å². The Morgan fingerprint density at radius 2 is 1.08 bits per heavy atom. The number of rotatable bonds is 19. The van der Waals surface area contributed by atoms with Crippen LogP contribution in [0.4, 0.5) is 0 Å². The Bertz CT molecular complexity index is 276. The molecule has 0 aromatic rings. The van der Waals surface area contributed by atoms with E-state index in [1.54, 1.807) is 0 Å². The highest BCUT2D eigenvalue weighted by molar-refractivity contribution is 5.68. The third-order valence-electron chi connectivity index (χ3n) is 4.49. The van der Waals surface area contributed by atoms with Crippen LogP contribution in [0.15, 0.2) is 12.8 Å². The van der Waals surface area contributed by atoms with Gasteiger partial charge < -0.3 is 9.47 Å². The summed E-state index contributed by atoms with van der Waals surface area (Å²) in [4.78, 5) is 11.0. The fraction of sp³-hybridized carbons (Fsp3) is 0.857. The van der Waals surface area contributed by atoms with Gasteiger partial charge in [-0.15, -0.1) is 0 Å². The number of hydrogen-bond donors (Lipinski definition) is 0. The normalized spacial score (nSPS) is 10.5. The van der Waals surface area contributed by atoms with Crippen molar-refractivity contribution < 1.29 is 14.3 Å². The van der Waals surface area contributed by atoms with Gasteiger partial charge in [-0.2, -0.15) is 0 Å². The van der Waals surface area contributed by atoms with E-state index in [0.717, 1.165) is 25.9 Å². The van der Waals surface area contributed by atoms with Crippen molar-refractivity contribution in [1.82, 2.24) is 0 Å². The smallest absolute Gasteiger partial charge is 0.305 e. The summed E-state index contributed by atoms with van der Waals surface area (Å²) in [5.74, 6) is -0.0725. The Morgan fingerprint density at radius 1 is 0.708 bits per heavy atom. The predicted octanol–water partition coefficient (Wildman–Crippen LogP) is 6.56. The number of esters is 1. The third-order valence-corrected chi connectivity index (χ3v) is 4.49. The number of methoxy groups -OCH3 is 1. The first-order chi connectivity index (χ1) is 11.8. The van der Waals surface area contributed by atoms with Crippen molar-refractivity contribution in [2.75, 3.05) is 13.7 Å². The van der Waals surface area contributed by atoms with Crippen LogP contribution in [-0.2, 0) is 14.3 Å². The van der Waals surface area contributed by atoms with Crippen molar-refractivity contribution in [3.05, 3.63) is 12.8 Å². The van der Waals surface area contributed by atoms with Crippen LogP contribution in [0.3, 0.4) is 0 Å². The molecule has 0 unspecified atom stereocenters. The maximum atomic E-state index is 11.0. The zero-order valence-corrected chi connectivity index (χ0v) is 16.0. The van der Waals surface area contributed by atoms with Gasteiger partial charge in [0.2, 0.25) is 0 Å². The minimum Gasteiger partial charge on any atom is -0.502 e. The molecule has 0 atom stereocenters. The minimum atomic E-state index is -0.0725. The van der Waals surface area contributed by atoms with Crippen LogP contribution < -0.4 is 0 Å². The van der Waals surface area contributed by atoms with E-state index in [-0.39, 0.29) is 5.97 Å². The molecule has 0 amide bonds. The Balaban J connectivity index is 3.00. The van der Waals surface area contributed by atoms with Gasteiger partial charge >= 0.3 is 5.97 Å². The lowest BCUT2D eigenvalue weighted by molar-refractivity contribution is -0.140. The molecule has 142 valence electrons. The van der Waals surface area contributed by atoms with Gasteiger partial charge in [0.1, 0.15) is 0 Å². The molecule has 3 heteroatoms. The molecular weight excluding hydrogens is 300 g/mol. The second kappa shape index (κ2) is 20.1. The average molecular weight is 341 g/mol. The Hall–Kier alpha value is -0.990. The van der Waals surface area contributed by atoms with E-state index in [9.17, 15) is 4.79 Å². The molecule has 0 saturated carbocycles. The van der Waals surface area contributed by atoms with E-state index in [4.69, 9.17) is 4.74 Å². The van der Waals surface area contributed by atoms with E-state index in [2.05, 4.69) is 11.3 Å². The van der Waals surface area contributed by atoms with Crippen molar-refractivity contribution in [3.63, 3.8) is 0 Å². The van der Waals surface area contributed by atoms with Crippen molar-refractivity contribution in [3.8, 4) is 0 Å². The number of ether oxygens (including phenoxy) is 2. The van der Waals surface area contributed by atoms with Gasteiger partial charge in [0.25, 0.3) is 0 Å². The molecule has 0 radical (unpaired) electrons. The monoisotopic (exact) mass is 340 g/mol.